The summed E-state index contributed by atoms with van der Waals surface area (Å²) in [7, 11) is 1.69. The van der Waals surface area contributed by atoms with Crippen molar-refractivity contribution in [3.05, 3.63) is 96.1 Å². The molecule has 4 rings (SSSR count). The minimum absolute atomic E-state index is 0.161. The summed E-state index contributed by atoms with van der Waals surface area (Å²) >= 11 is 0. The Kier molecular flexibility index (Phi) is 4.83. The lowest BCUT2D eigenvalue weighted by Gasteiger charge is -2.16. The Hall–Kier alpha value is -3.93. The van der Waals surface area contributed by atoms with Gasteiger partial charge in [-0.15, -0.1) is 0 Å². The van der Waals surface area contributed by atoms with E-state index in [4.69, 9.17) is 0 Å². The number of fused-ring (bicyclic) bond motifs is 1. The molecule has 0 aliphatic carbocycles. The number of carbonyl (C=O) groups is 2. The van der Waals surface area contributed by atoms with Crippen LogP contribution in [-0.4, -0.2) is 28.2 Å². The lowest BCUT2D eigenvalue weighted by molar-refractivity contribution is 0.0990. The highest BCUT2D eigenvalue weighted by atomic mass is 16.2. The number of nitrogens with zero attached hydrogens (tertiary/aromatic N) is 3. The first kappa shape index (κ1) is 18.4. The first-order valence-corrected chi connectivity index (χ1v) is 9.23. The number of imidazole rings is 1. The highest BCUT2D eigenvalue weighted by Gasteiger charge is 2.24. The summed E-state index contributed by atoms with van der Waals surface area (Å²) in [6.07, 6.45) is 1.73. The molecule has 0 aliphatic heterocycles. The number of rotatable bonds is 4. The molecule has 6 nitrogen and oxygen atoms in total. The summed E-state index contributed by atoms with van der Waals surface area (Å²) in [4.78, 5) is 32.0. The van der Waals surface area contributed by atoms with Crippen LogP contribution >= 0.6 is 0 Å². The predicted octanol–water partition coefficient (Wildman–Crippen LogP) is 4.17. The van der Waals surface area contributed by atoms with Crippen LogP contribution in [0.15, 0.2) is 79.0 Å². The van der Waals surface area contributed by atoms with E-state index >= 15 is 0 Å². The van der Waals surface area contributed by atoms with Crippen LogP contribution in [0.25, 0.3) is 5.52 Å². The molecule has 0 unspecified atom stereocenters. The predicted molar refractivity (Wildman–Crippen MR) is 113 cm³/mol. The van der Waals surface area contributed by atoms with Gasteiger partial charge in [-0.2, -0.15) is 0 Å². The Labute approximate surface area is 168 Å². The normalized spacial score (nSPS) is 10.7. The number of pyridine rings is 1. The Morgan fingerprint density at radius 3 is 2.38 bits per heavy atom. The van der Waals surface area contributed by atoms with E-state index in [9.17, 15) is 9.59 Å². The average Bonchev–Trinajstić information content (AvgIpc) is 3.15. The van der Waals surface area contributed by atoms with Gasteiger partial charge in [0, 0.05) is 24.6 Å². The zero-order valence-electron chi connectivity index (χ0n) is 16.2. The van der Waals surface area contributed by atoms with Crippen LogP contribution in [0.4, 0.5) is 11.4 Å². The number of para-hydroxylation sites is 2. The second-order valence-corrected chi connectivity index (χ2v) is 6.71. The molecule has 144 valence electrons. The maximum Gasteiger partial charge on any atom is 0.292 e. The maximum absolute atomic E-state index is 13.1. The van der Waals surface area contributed by atoms with Gasteiger partial charge in [0.25, 0.3) is 11.8 Å². The van der Waals surface area contributed by atoms with E-state index in [-0.39, 0.29) is 23.3 Å². The van der Waals surface area contributed by atoms with Crippen molar-refractivity contribution in [2.45, 2.75) is 6.92 Å². The van der Waals surface area contributed by atoms with Gasteiger partial charge in [0.05, 0.1) is 5.52 Å². The van der Waals surface area contributed by atoms with Crippen molar-refractivity contribution in [2.75, 3.05) is 17.3 Å². The van der Waals surface area contributed by atoms with Gasteiger partial charge < -0.3 is 10.2 Å². The van der Waals surface area contributed by atoms with Crippen molar-refractivity contribution in [1.82, 2.24) is 9.38 Å². The number of amides is 2. The van der Waals surface area contributed by atoms with Gasteiger partial charge >= 0.3 is 0 Å². The van der Waals surface area contributed by atoms with E-state index in [1.807, 2.05) is 67.6 Å². The number of anilines is 2. The summed E-state index contributed by atoms with van der Waals surface area (Å²) in [5.74, 6) is -0.495. The molecule has 0 spiro atoms. The summed E-state index contributed by atoms with van der Waals surface area (Å²) in [5.41, 5.74) is 3.21. The van der Waals surface area contributed by atoms with Gasteiger partial charge in [0.2, 0.25) is 5.82 Å². The van der Waals surface area contributed by atoms with Crippen molar-refractivity contribution in [2.24, 2.45) is 0 Å². The number of aromatic nitrogens is 2. The summed E-state index contributed by atoms with van der Waals surface area (Å²) < 4.78 is 1.64. The van der Waals surface area contributed by atoms with Crippen LogP contribution in [0.2, 0.25) is 0 Å². The summed E-state index contributed by atoms with van der Waals surface area (Å²) in [6.45, 7) is 1.92. The molecule has 0 aliphatic rings. The minimum Gasteiger partial charge on any atom is -0.319 e. The van der Waals surface area contributed by atoms with Crippen molar-refractivity contribution >= 4 is 28.7 Å². The van der Waals surface area contributed by atoms with Gasteiger partial charge in [0.1, 0.15) is 0 Å². The van der Waals surface area contributed by atoms with Crippen LogP contribution in [0.3, 0.4) is 0 Å². The fraction of sp³-hybridized carbons (Fsp3) is 0.0870. The van der Waals surface area contributed by atoms with Crippen LogP contribution in [0, 0.1) is 6.92 Å². The van der Waals surface area contributed by atoms with Crippen LogP contribution < -0.4 is 10.2 Å². The van der Waals surface area contributed by atoms with Crippen molar-refractivity contribution < 1.29 is 9.59 Å². The Morgan fingerprint density at radius 2 is 1.62 bits per heavy atom. The standard InChI is InChI=1S/C23H20N4O2/c1-16-10-6-7-13-18(16)24-22(28)21-25-20(19-14-8-9-15-27(19)21)23(29)26(2)17-11-4-3-5-12-17/h3-15H,1-2H3,(H,24,28). The number of hydrogen-bond acceptors (Lipinski definition) is 3. The lowest BCUT2D eigenvalue weighted by atomic mass is 10.2. The van der Waals surface area contributed by atoms with E-state index in [0.717, 1.165) is 11.3 Å². The second kappa shape index (κ2) is 7.59. The quantitative estimate of drug-likeness (QED) is 0.574. The van der Waals surface area contributed by atoms with Gasteiger partial charge in [-0.25, -0.2) is 4.98 Å². The van der Waals surface area contributed by atoms with Crippen molar-refractivity contribution in [3.63, 3.8) is 0 Å². The molecular formula is C23H20N4O2. The van der Waals surface area contributed by atoms with E-state index in [1.165, 1.54) is 4.90 Å². The Morgan fingerprint density at radius 1 is 0.931 bits per heavy atom. The van der Waals surface area contributed by atoms with Gasteiger partial charge in [-0.3, -0.25) is 14.0 Å². The van der Waals surface area contributed by atoms with Gasteiger partial charge in [0.15, 0.2) is 5.69 Å². The molecule has 0 saturated heterocycles. The largest absolute Gasteiger partial charge is 0.319 e. The van der Waals surface area contributed by atoms with Crippen LogP contribution in [0.5, 0.6) is 0 Å². The number of hydrogen-bond donors (Lipinski definition) is 1. The molecule has 4 aromatic rings. The van der Waals surface area contributed by atoms with E-state index in [2.05, 4.69) is 10.3 Å². The zero-order valence-corrected chi connectivity index (χ0v) is 16.2. The Balaban J connectivity index is 1.73. The number of benzene rings is 2. The van der Waals surface area contributed by atoms with E-state index < -0.39 is 0 Å². The lowest BCUT2D eigenvalue weighted by Crippen LogP contribution is -2.26. The molecular weight excluding hydrogens is 364 g/mol. The third kappa shape index (κ3) is 3.48. The molecule has 2 heterocycles. The van der Waals surface area contributed by atoms with Gasteiger partial charge in [-0.05, 0) is 42.8 Å². The number of aryl methyl sites for hydroxylation is 1. The first-order chi connectivity index (χ1) is 14.1. The maximum atomic E-state index is 13.1. The molecule has 2 aromatic heterocycles. The minimum atomic E-state index is -0.373. The highest BCUT2D eigenvalue weighted by molar-refractivity contribution is 6.11. The molecule has 1 N–H and O–H groups in total. The third-order valence-electron chi connectivity index (χ3n) is 4.80. The number of nitrogens with one attached hydrogen (secondary N) is 1. The second-order valence-electron chi connectivity index (χ2n) is 6.71. The fourth-order valence-corrected chi connectivity index (χ4v) is 3.17. The molecule has 2 amide bonds. The van der Waals surface area contributed by atoms with Crippen molar-refractivity contribution in [1.29, 1.82) is 0 Å². The Bertz CT molecular complexity index is 1200. The molecule has 2 aromatic carbocycles. The molecule has 0 saturated carbocycles. The topological polar surface area (TPSA) is 66.7 Å². The molecule has 0 atom stereocenters. The van der Waals surface area contributed by atoms with Gasteiger partial charge in [-0.1, -0.05) is 42.5 Å². The first-order valence-electron chi connectivity index (χ1n) is 9.23. The average molecular weight is 384 g/mol. The number of carbonyl (C=O) groups excluding carboxylic acids is 2. The smallest absolute Gasteiger partial charge is 0.292 e. The molecule has 29 heavy (non-hydrogen) atoms. The zero-order chi connectivity index (χ0) is 20.4. The highest BCUT2D eigenvalue weighted by Crippen LogP contribution is 2.20. The van der Waals surface area contributed by atoms with E-state index in [0.29, 0.717) is 11.2 Å². The molecule has 6 heteroatoms. The van der Waals surface area contributed by atoms with Crippen LogP contribution in [-0.2, 0) is 0 Å². The fourth-order valence-electron chi connectivity index (χ4n) is 3.17. The van der Waals surface area contributed by atoms with E-state index in [1.54, 1.807) is 29.8 Å². The van der Waals surface area contributed by atoms with Crippen LogP contribution in [0.1, 0.15) is 26.7 Å². The summed E-state index contributed by atoms with van der Waals surface area (Å²) in [6, 6.07) is 22.2. The third-order valence-corrected chi connectivity index (χ3v) is 4.80. The van der Waals surface area contributed by atoms with Crippen molar-refractivity contribution in [3.8, 4) is 0 Å². The molecule has 0 bridgehead atoms. The summed E-state index contributed by atoms with van der Waals surface area (Å²) in [5, 5.41) is 2.88. The molecule has 0 radical (unpaired) electrons. The monoisotopic (exact) mass is 384 g/mol. The SMILES string of the molecule is Cc1ccccc1NC(=O)c1nc(C(=O)N(C)c2ccccc2)c2ccccn12. The molecule has 0 fully saturated rings.